The Balaban J connectivity index is 1.80. The topological polar surface area (TPSA) is 18.5 Å². The highest BCUT2D eigenvalue weighted by atomic mass is 19.3. The van der Waals surface area contributed by atoms with Gasteiger partial charge in [-0.3, -0.25) is 0 Å². The lowest BCUT2D eigenvalue weighted by Gasteiger charge is -2.35. The summed E-state index contributed by atoms with van der Waals surface area (Å²) in [5.74, 6) is -17.8. The second-order valence-electron chi connectivity index (χ2n) is 8.43. The van der Waals surface area contributed by atoms with Crippen LogP contribution in [0.2, 0.25) is 0 Å². The fourth-order valence-corrected chi connectivity index (χ4v) is 4.22. The number of benzene rings is 3. The molecule has 4 rings (SSSR count). The summed E-state index contributed by atoms with van der Waals surface area (Å²) in [6, 6.07) is 5.20. The largest absolute Gasteiger partial charge is 0.491 e. The third kappa shape index (κ3) is 4.27. The van der Waals surface area contributed by atoms with Crippen LogP contribution in [0.15, 0.2) is 55.1 Å². The predicted octanol–water partition coefficient (Wildman–Crippen LogP) is 8.61. The average molecular weight is 546 g/mol. The lowest BCUT2D eigenvalue weighted by molar-refractivity contribution is -0.228. The van der Waals surface area contributed by atoms with Crippen molar-refractivity contribution in [2.45, 2.75) is 37.7 Å². The summed E-state index contributed by atoms with van der Waals surface area (Å²) in [7, 11) is 0. The number of hydrogen-bond acceptors (Lipinski definition) is 2. The van der Waals surface area contributed by atoms with Crippen molar-refractivity contribution in [3.63, 3.8) is 0 Å². The van der Waals surface area contributed by atoms with Crippen LogP contribution in [-0.2, 0) is 24.4 Å². The number of aryl methyl sites for hydroxylation is 1. The monoisotopic (exact) mass is 546 g/mol. The molecule has 0 amide bonds. The standard InChI is InChI=1S/C27H19F9O2/c1-3-5-6-14-7-8-15(13-18(14)28)27(35,36)38-20-12-10-17-16-9-11-19(37-4-2)23(29)21(16)25(31,32)26(33,34)22(17)24(20)30/h3,7-13H,1,4-6H2,2H3. The zero-order valence-corrected chi connectivity index (χ0v) is 19.7. The van der Waals surface area contributed by atoms with Crippen molar-refractivity contribution in [2.24, 2.45) is 0 Å². The van der Waals surface area contributed by atoms with Crippen LogP contribution in [0.1, 0.15) is 35.6 Å². The highest BCUT2D eigenvalue weighted by Crippen LogP contribution is 2.60. The van der Waals surface area contributed by atoms with Gasteiger partial charge in [0.25, 0.3) is 0 Å². The van der Waals surface area contributed by atoms with Crippen LogP contribution in [0, 0.1) is 17.5 Å². The van der Waals surface area contributed by atoms with Crippen LogP contribution in [0.5, 0.6) is 11.5 Å². The molecule has 0 unspecified atom stereocenters. The highest BCUT2D eigenvalue weighted by Gasteiger charge is 2.65. The van der Waals surface area contributed by atoms with E-state index in [9.17, 15) is 26.3 Å². The van der Waals surface area contributed by atoms with Crippen molar-refractivity contribution in [3.05, 3.63) is 94.8 Å². The van der Waals surface area contributed by atoms with E-state index in [1.165, 1.54) is 13.0 Å². The molecule has 0 bridgehead atoms. The molecule has 0 radical (unpaired) electrons. The molecule has 0 aromatic heterocycles. The van der Waals surface area contributed by atoms with Gasteiger partial charge in [-0.2, -0.15) is 26.3 Å². The normalized spacial score (nSPS) is 15.4. The van der Waals surface area contributed by atoms with Crippen LogP contribution in [0.25, 0.3) is 11.1 Å². The smallest absolute Gasteiger partial charge is 0.426 e. The number of fused-ring (bicyclic) bond motifs is 3. The minimum Gasteiger partial charge on any atom is -0.491 e. The summed E-state index contributed by atoms with van der Waals surface area (Å²) in [5.41, 5.74) is -6.26. The molecule has 0 atom stereocenters. The van der Waals surface area contributed by atoms with Crippen molar-refractivity contribution in [1.82, 2.24) is 0 Å². The van der Waals surface area contributed by atoms with E-state index in [0.717, 1.165) is 24.3 Å². The Bertz CT molecular complexity index is 1400. The van der Waals surface area contributed by atoms with Gasteiger partial charge < -0.3 is 9.47 Å². The van der Waals surface area contributed by atoms with E-state index in [1.54, 1.807) is 0 Å². The lowest BCUT2D eigenvalue weighted by Crippen LogP contribution is -2.41. The fourth-order valence-electron chi connectivity index (χ4n) is 4.22. The molecule has 0 N–H and O–H groups in total. The fraction of sp³-hybridized carbons (Fsp3) is 0.259. The van der Waals surface area contributed by atoms with E-state index < -0.39 is 74.7 Å². The first-order valence-corrected chi connectivity index (χ1v) is 11.3. The van der Waals surface area contributed by atoms with E-state index in [0.29, 0.717) is 24.6 Å². The molecular formula is C27H19F9O2. The number of allylic oxidation sites excluding steroid dienone is 1. The molecule has 0 fully saturated rings. The Morgan fingerprint density at radius 1 is 0.842 bits per heavy atom. The third-order valence-corrected chi connectivity index (χ3v) is 6.07. The molecule has 2 nitrogen and oxygen atoms in total. The molecule has 1 aliphatic rings. The Labute approximate surface area is 211 Å². The van der Waals surface area contributed by atoms with Crippen LogP contribution in [-0.4, -0.2) is 6.61 Å². The Morgan fingerprint density at radius 3 is 1.92 bits per heavy atom. The maximum atomic E-state index is 15.2. The van der Waals surface area contributed by atoms with Crippen molar-refractivity contribution < 1.29 is 49.0 Å². The molecule has 0 spiro atoms. The molecule has 11 heteroatoms. The van der Waals surface area contributed by atoms with Crippen LogP contribution in [0.4, 0.5) is 39.5 Å². The maximum absolute atomic E-state index is 15.2. The van der Waals surface area contributed by atoms with Crippen molar-refractivity contribution in [3.8, 4) is 22.6 Å². The second-order valence-corrected chi connectivity index (χ2v) is 8.43. The third-order valence-electron chi connectivity index (χ3n) is 6.07. The van der Waals surface area contributed by atoms with Crippen molar-refractivity contribution >= 4 is 0 Å². The maximum Gasteiger partial charge on any atom is 0.426 e. The van der Waals surface area contributed by atoms with E-state index in [2.05, 4.69) is 11.3 Å². The van der Waals surface area contributed by atoms with Gasteiger partial charge in [0, 0.05) is 0 Å². The summed E-state index contributed by atoms with van der Waals surface area (Å²) < 4.78 is 143. The van der Waals surface area contributed by atoms with Gasteiger partial charge in [0.2, 0.25) is 0 Å². The summed E-state index contributed by atoms with van der Waals surface area (Å²) in [4.78, 5) is 0. The van der Waals surface area contributed by atoms with Gasteiger partial charge in [0.1, 0.15) is 5.82 Å². The van der Waals surface area contributed by atoms with Crippen LogP contribution < -0.4 is 9.47 Å². The van der Waals surface area contributed by atoms with Gasteiger partial charge in [0.05, 0.1) is 23.3 Å². The van der Waals surface area contributed by atoms with Crippen LogP contribution in [0.3, 0.4) is 0 Å². The van der Waals surface area contributed by atoms with Gasteiger partial charge in [-0.1, -0.05) is 12.1 Å². The van der Waals surface area contributed by atoms with Crippen molar-refractivity contribution in [1.29, 1.82) is 0 Å². The van der Waals surface area contributed by atoms with E-state index in [-0.39, 0.29) is 18.6 Å². The molecule has 3 aromatic carbocycles. The summed E-state index contributed by atoms with van der Waals surface area (Å²) in [6.45, 7) is 4.74. The number of halogens is 9. The number of alkyl halides is 6. The average Bonchev–Trinajstić information content (AvgIpc) is 2.84. The molecule has 0 saturated carbocycles. The molecule has 0 heterocycles. The molecule has 202 valence electrons. The molecule has 1 aliphatic carbocycles. The van der Waals surface area contributed by atoms with Gasteiger partial charge in [-0.05, 0) is 72.9 Å². The van der Waals surface area contributed by atoms with E-state index in [1.807, 2.05) is 0 Å². The zero-order valence-electron chi connectivity index (χ0n) is 19.7. The summed E-state index contributed by atoms with van der Waals surface area (Å²) in [6.07, 6.45) is -2.41. The van der Waals surface area contributed by atoms with Gasteiger partial charge in [0.15, 0.2) is 23.1 Å². The molecule has 3 aromatic rings. The first-order chi connectivity index (χ1) is 17.8. The first-order valence-electron chi connectivity index (χ1n) is 11.3. The second kappa shape index (κ2) is 9.59. The van der Waals surface area contributed by atoms with Gasteiger partial charge in [-0.15, -0.1) is 6.58 Å². The Kier molecular flexibility index (Phi) is 6.92. The lowest BCUT2D eigenvalue weighted by atomic mass is 9.79. The van der Waals surface area contributed by atoms with E-state index >= 15 is 13.2 Å². The summed E-state index contributed by atoms with van der Waals surface area (Å²) in [5, 5.41) is 0. The highest BCUT2D eigenvalue weighted by molar-refractivity contribution is 5.78. The first kappa shape index (κ1) is 27.4. The van der Waals surface area contributed by atoms with Crippen molar-refractivity contribution in [2.75, 3.05) is 6.61 Å². The minimum atomic E-state index is -5.36. The zero-order chi connectivity index (χ0) is 28.0. The number of ether oxygens (including phenoxy) is 2. The quantitative estimate of drug-likeness (QED) is 0.208. The number of hydrogen-bond donors (Lipinski definition) is 0. The van der Waals surface area contributed by atoms with E-state index in [4.69, 9.17) is 4.74 Å². The number of rotatable bonds is 8. The molecule has 0 aliphatic heterocycles. The Morgan fingerprint density at radius 2 is 1.39 bits per heavy atom. The Hall–Kier alpha value is -3.63. The van der Waals surface area contributed by atoms with Crippen LogP contribution >= 0.6 is 0 Å². The molecular weight excluding hydrogens is 527 g/mol. The predicted molar refractivity (Wildman–Crippen MR) is 120 cm³/mol. The SMILES string of the molecule is C=CCCc1ccc(C(F)(F)Oc2ccc3c(c2F)C(F)(F)C(F)(F)c2c-3ccc(OCC)c2F)cc1F. The summed E-state index contributed by atoms with van der Waals surface area (Å²) >= 11 is 0. The van der Waals surface area contributed by atoms with Gasteiger partial charge in [-0.25, -0.2) is 13.2 Å². The van der Waals surface area contributed by atoms with Gasteiger partial charge >= 0.3 is 18.0 Å². The molecule has 0 saturated heterocycles. The minimum absolute atomic E-state index is 0.0877. The molecule has 38 heavy (non-hydrogen) atoms.